The van der Waals surface area contributed by atoms with Gasteiger partial charge < -0.3 is 0 Å². The molecule has 0 aliphatic rings. The highest BCUT2D eigenvalue weighted by Gasteiger charge is 2.25. The molecule has 0 heterocycles. The first-order valence-electron chi connectivity index (χ1n) is 4.92. The summed E-state index contributed by atoms with van der Waals surface area (Å²) < 4.78 is 0. The van der Waals surface area contributed by atoms with Crippen LogP contribution in [0.15, 0.2) is 0 Å². The fourth-order valence-electron chi connectivity index (χ4n) is 1.22. The third kappa shape index (κ3) is 14.6. The standard InChI is InChI=1S/C7H14Cl6SSi2/c8-15(9,10)5-1-3-7(14)4-2-6-16(11,12)13/h7,14H,1-6H2. The van der Waals surface area contributed by atoms with Crippen molar-refractivity contribution in [3.63, 3.8) is 0 Å². The molecule has 0 aromatic rings. The van der Waals surface area contributed by atoms with Crippen LogP contribution in [0.2, 0.25) is 12.1 Å². The van der Waals surface area contributed by atoms with Crippen LogP contribution < -0.4 is 0 Å². The van der Waals surface area contributed by atoms with Crippen molar-refractivity contribution in [1.82, 2.24) is 0 Å². The molecule has 0 atom stereocenters. The average molecular weight is 399 g/mol. The Morgan fingerprint density at radius 3 is 1.31 bits per heavy atom. The molecule has 0 N–H and O–H groups in total. The average Bonchev–Trinajstić information content (AvgIpc) is 1.98. The van der Waals surface area contributed by atoms with Gasteiger partial charge in [0.25, 0.3) is 0 Å². The smallest absolute Gasteiger partial charge is 0.176 e. The van der Waals surface area contributed by atoms with Gasteiger partial charge in [-0.15, -0.1) is 66.5 Å². The second-order valence-electron chi connectivity index (χ2n) is 3.67. The van der Waals surface area contributed by atoms with Gasteiger partial charge in [-0.25, -0.2) is 0 Å². The van der Waals surface area contributed by atoms with Gasteiger partial charge in [-0.2, -0.15) is 12.6 Å². The number of halogens is 6. The molecule has 0 rings (SSSR count). The Kier molecular flexibility index (Phi) is 10.0. The Hall–Kier alpha value is 2.52. The van der Waals surface area contributed by atoms with Crippen LogP contribution >= 0.6 is 79.1 Å². The molecule has 16 heavy (non-hydrogen) atoms. The number of rotatable bonds is 8. The van der Waals surface area contributed by atoms with E-state index >= 15 is 0 Å². The van der Waals surface area contributed by atoms with Crippen LogP contribution in [0.4, 0.5) is 0 Å². The molecule has 0 aromatic heterocycles. The maximum atomic E-state index is 5.78. The monoisotopic (exact) mass is 396 g/mol. The van der Waals surface area contributed by atoms with Crippen molar-refractivity contribution in [2.24, 2.45) is 0 Å². The molecular weight excluding hydrogens is 385 g/mol. The van der Waals surface area contributed by atoms with Crippen molar-refractivity contribution in [3.8, 4) is 0 Å². The van der Waals surface area contributed by atoms with E-state index in [2.05, 4.69) is 12.6 Å². The molecule has 98 valence electrons. The van der Waals surface area contributed by atoms with Crippen LogP contribution in [0.3, 0.4) is 0 Å². The predicted molar refractivity (Wildman–Crippen MR) is 87.5 cm³/mol. The van der Waals surface area contributed by atoms with Crippen molar-refractivity contribution in [3.05, 3.63) is 0 Å². The molecule has 0 radical (unpaired) electrons. The Bertz CT molecular complexity index is 172. The quantitative estimate of drug-likeness (QED) is 0.282. The van der Waals surface area contributed by atoms with E-state index in [-0.39, 0.29) is 0 Å². The zero-order valence-electron chi connectivity index (χ0n) is 8.53. The largest absolute Gasteiger partial charge is 0.341 e. The first kappa shape index (κ1) is 18.5. The van der Waals surface area contributed by atoms with Crippen LogP contribution in [-0.2, 0) is 0 Å². The Balaban J connectivity index is 3.49. The lowest BCUT2D eigenvalue weighted by Crippen LogP contribution is -2.11. The van der Waals surface area contributed by atoms with E-state index < -0.39 is 12.0 Å². The summed E-state index contributed by atoms with van der Waals surface area (Å²) in [4.78, 5) is 0. The lowest BCUT2D eigenvalue weighted by atomic mass is 10.1. The van der Waals surface area contributed by atoms with Crippen LogP contribution in [0.1, 0.15) is 25.7 Å². The minimum atomic E-state index is -2.46. The van der Waals surface area contributed by atoms with Crippen molar-refractivity contribution in [1.29, 1.82) is 0 Å². The molecular formula is C7H14Cl6SSi2. The second kappa shape index (κ2) is 8.65. The van der Waals surface area contributed by atoms with E-state index in [1.807, 2.05) is 0 Å². The summed E-state index contributed by atoms with van der Waals surface area (Å²) in [6, 6.07) is -3.54. The van der Waals surface area contributed by atoms with Crippen LogP contribution in [0.25, 0.3) is 0 Å². The topological polar surface area (TPSA) is 0 Å². The molecule has 0 saturated carbocycles. The maximum Gasteiger partial charge on any atom is 0.341 e. The van der Waals surface area contributed by atoms with E-state index in [0.29, 0.717) is 17.3 Å². The normalized spacial score (nSPS) is 13.5. The zero-order chi connectivity index (χ0) is 12.8. The summed E-state index contributed by atoms with van der Waals surface area (Å²) in [5.74, 6) is 0. The zero-order valence-corrected chi connectivity index (χ0v) is 16.0. The van der Waals surface area contributed by atoms with Gasteiger partial charge in [0.15, 0.2) is 0 Å². The summed E-state index contributed by atoms with van der Waals surface area (Å²) >= 11 is 39.1. The maximum absolute atomic E-state index is 5.78. The number of hydrogen-bond donors (Lipinski definition) is 1. The first-order chi connectivity index (χ1) is 7.10. The van der Waals surface area contributed by atoms with E-state index in [4.69, 9.17) is 66.5 Å². The SMILES string of the molecule is SC(CCC[Si](Cl)(Cl)Cl)CCC[Si](Cl)(Cl)Cl. The summed E-state index contributed by atoms with van der Waals surface area (Å²) in [6.45, 7) is 0. The van der Waals surface area contributed by atoms with Crippen LogP contribution in [0, 0.1) is 0 Å². The van der Waals surface area contributed by atoms with E-state index in [9.17, 15) is 0 Å². The molecule has 0 fully saturated rings. The third-order valence-electron chi connectivity index (χ3n) is 2.00. The fourth-order valence-corrected chi connectivity index (χ4v) is 5.20. The van der Waals surface area contributed by atoms with Crippen molar-refractivity contribution in [2.45, 2.75) is 43.0 Å². The third-order valence-corrected chi connectivity index (χ3v) is 7.75. The molecule has 0 spiro atoms. The highest BCUT2D eigenvalue weighted by molar-refractivity contribution is 7.80. The number of thiol groups is 1. The fraction of sp³-hybridized carbons (Fsp3) is 1.00. The highest BCUT2D eigenvalue weighted by atomic mass is 35.8. The lowest BCUT2D eigenvalue weighted by molar-refractivity contribution is 0.674. The molecule has 0 aromatic carbocycles. The lowest BCUT2D eigenvalue weighted by Gasteiger charge is -2.13. The molecule has 0 aliphatic carbocycles. The van der Waals surface area contributed by atoms with Gasteiger partial charge in [0, 0.05) is 5.25 Å². The Morgan fingerprint density at radius 2 is 1.06 bits per heavy atom. The second-order valence-corrected chi connectivity index (χ2v) is 23.0. The molecule has 0 bridgehead atoms. The Labute approximate surface area is 133 Å². The van der Waals surface area contributed by atoms with Crippen LogP contribution in [0.5, 0.6) is 0 Å². The summed E-state index contributed by atoms with van der Waals surface area (Å²) in [7, 11) is 0. The van der Waals surface area contributed by atoms with Crippen molar-refractivity contribution in [2.75, 3.05) is 0 Å². The van der Waals surface area contributed by atoms with Gasteiger partial charge in [0.2, 0.25) is 0 Å². The van der Waals surface area contributed by atoms with Crippen molar-refractivity contribution >= 4 is 91.1 Å². The van der Waals surface area contributed by atoms with Gasteiger partial charge in [0.05, 0.1) is 0 Å². The minimum absolute atomic E-state index is 0.308. The summed E-state index contributed by atoms with van der Waals surface area (Å²) in [5, 5.41) is 0.308. The predicted octanol–water partition coefficient (Wildman–Crippen LogP) is 6.16. The van der Waals surface area contributed by atoms with Gasteiger partial charge >= 0.3 is 12.0 Å². The molecule has 9 heteroatoms. The van der Waals surface area contributed by atoms with Gasteiger partial charge in [-0.1, -0.05) is 12.8 Å². The van der Waals surface area contributed by atoms with E-state index in [1.165, 1.54) is 0 Å². The highest BCUT2D eigenvalue weighted by Crippen LogP contribution is 2.30. The molecule has 0 amide bonds. The minimum Gasteiger partial charge on any atom is -0.176 e. The van der Waals surface area contributed by atoms with E-state index in [0.717, 1.165) is 25.7 Å². The van der Waals surface area contributed by atoms with Crippen LogP contribution in [-0.4, -0.2) is 17.3 Å². The first-order valence-corrected chi connectivity index (χ1v) is 15.9. The van der Waals surface area contributed by atoms with Gasteiger partial charge in [-0.3, -0.25) is 0 Å². The molecule has 0 aliphatic heterocycles. The van der Waals surface area contributed by atoms with Gasteiger partial charge in [-0.05, 0) is 24.9 Å². The molecule has 0 saturated heterocycles. The molecule has 0 nitrogen and oxygen atoms in total. The number of hydrogen-bond acceptors (Lipinski definition) is 1. The molecule has 0 unspecified atom stereocenters. The Morgan fingerprint density at radius 1 is 0.750 bits per heavy atom. The van der Waals surface area contributed by atoms with E-state index in [1.54, 1.807) is 0 Å². The summed E-state index contributed by atoms with van der Waals surface area (Å²) in [6.07, 6.45) is 3.71. The summed E-state index contributed by atoms with van der Waals surface area (Å²) in [5.41, 5.74) is 0. The van der Waals surface area contributed by atoms with Gasteiger partial charge in [0.1, 0.15) is 0 Å². The van der Waals surface area contributed by atoms with Crippen molar-refractivity contribution < 1.29 is 0 Å².